The van der Waals surface area contributed by atoms with Crippen LogP contribution in [0.1, 0.15) is 46.6 Å². The number of amides is 1. The molecule has 1 rings (SSSR count). The Balaban J connectivity index is 2.69. The van der Waals surface area contributed by atoms with Crippen molar-refractivity contribution in [3.63, 3.8) is 0 Å². The lowest BCUT2D eigenvalue weighted by atomic mass is 9.85. The molecule has 1 aromatic rings. The van der Waals surface area contributed by atoms with E-state index in [1.807, 2.05) is 59.7 Å². The lowest BCUT2D eigenvalue weighted by Crippen LogP contribution is -2.38. The number of nitrogens with one attached hydrogen (secondary N) is 1. The SMILES string of the molecule is Cc1cc(OC(C)C)ccc1NC(=O)CC(N)C(C)(C)C. The Kier molecular flexibility index (Phi) is 5.78. The van der Waals surface area contributed by atoms with Crippen LogP contribution in [-0.2, 0) is 4.79 Å². The summed E-state index contributed by atoms with van der Waals surface area (Å²) in [7, 11) is 0. The standard InChI is InChI=1S/C17H28N2O2/c1-11(2)21-13-7-8-14(12(3)9-13)19-16(20)10-15(18)17(4,5)6/h7-9,11,15H,10,18H2,1-6H3,(H,19,20). The van der Waals surface area contributed by atoms with Gasteiger partial charge in [-0.2, -0.15) is 0 Å². The van der Waals surface area contributed by atoms with Crippen molar-refractivity contribution in [3.05, 3.63) is 23.8 Å². The molecular formula is C17H28N2O2. The molecule has 0 saturated heterocycles. The van der Waals surface area contributed by atoms with Gasteiger partial charge in [-0.25, -0.2) is 0 Å². The average molecular weight is 292 g/mol. The van der Waals surface area contributed by atoms with Gasteiger partial charge in [0.15, 0.2) is 0 Å². The second-order valence-electron chi connectivity index (χ2n) is 6.87. The van der Waals surface area contributed by atoms with E-state index in [9.17, 15) is 4.79 Å². The first-order valence-electron chi connectivity index (χ1n) is 7.42. The van der Waals surface area contributed by atoms with Gasteiger partial charge in [0.2, 0.25) is 5.91 Å². The van der Waals surface area contributed by atoms with Crippen LogP contribution in [0, 0.1) is 12.3 Å². The molecule has 1 aromatic carbocycles. The third-order valence-electron chi connectivity index (χ3n) is 3.36. The molecule has 1 unspecified atom stereocenters. The molecule has 1 atom stereocenters. The summed E-state index contributed by atoms with van der Waals surface area (Å²) < 4.78 is 5.63. The lowest BCUT2D eigenvalue weighted by Gasteiger charge is -2.26. The molecule has 0 aliphatic carbocycles. The highest BCUT2D eigenvalue weighted by atomic mass is 16.5. The van der Waals surface area contributed by atoms with E-state index in [-0.39, 0.29) is 23.5 Å². The van der Waals surface area contributed by atoms with E-state index < -0.39 is 0 Å². The summed E-state index contributed by atoms with van der Waals surface area (Å²) in [6.07, 6.45) is 0.447. The summed E-state index contributed by atoms with van der Waals surface area (Å²) in [6.45, 7) is 12.0. The van der Waals surface area contributed by atoms with Gasteiger partial charge in [0, 0.05) is 18.2 Å². The number of anilines is 1. The molecule has 21 heavy (non-hydrogen) atoms. The van der Waals surface area contributed by atoms with Gasteiger partial charge in [-0.15, -0.1) is 0 Å². The van der Waals surface area contributed by atoms with Crippen LogP contribution in [0.2, 0.25) is 0 Å². The largest absolute Gasteiger partial charge is 0.491 e. The third-order valence-corrected chi connectivity index (χ3v) is 3.36. The highest BCUT2D eigenvalue weighted by molar-refractivity contribution is 5.92. The Hall–Kier alpha value is -1.55. The van der Waals surface area contributed by atoms with E-state index >= 15 is 0 Å². The number of hydrogen-bond acceptors (Lipinski definition) is 3. The average Bonchev–Trinajstić information content (AvgIpc) is 2.30. The van der Waals surface area contributed by atoms with Gasteiger partial charge >= 0.3 is 0 Å². The van der Waals surface area contributed by atoms with Gasteiger partial charge < -0.3 is 15.8 Å². The molecule has 4 heteroatoms. The van der Waals surface area contributed by atoms with Crippen LogP contribution in [0.25, 0.3) is 0 Å². The second kappa shape index (κ2) is 6.94. The molecule has 3 N–H and O–H groups in total. The molecule has 0 aromatic heterocycles. The fourth-order valence-electron chi connectivity index (χ4n) is 1.83. The van der Waals surface area contributed by atoms with Gasteiger partial charge in [0.05, 0.1) is 6.10 Å². The van der Waals surface area contributed by atoms with Crippen LogP contribution in [-0.4, -0.2) is 18.1 Å². The molecule has 0 aliphatic heterocycles. The Bertz CT molecular complexity index is 490. The number of carbonyl (C=O) groups is 1. The Morgan fingerprint density at radius 1 is 1.33 bits per heavy atom. The lowest BCUT2D eigenvalue weighted by molar-refractivity contribution is -0.117. The quantitative estimate of drug-likeness (QED) is 0.873. The number of aryl methyl sites for hydroxylation is 1. The number of benzene rings is 1. The Morgan fingerprint density at radius 2 is 1.95 bits per heavy atom. The van der Waals surface area contributed by atoms with Crippen molar-refractivity contribution in [2.75, 3.05) is 5.32 Å². The molecule has 4 nitrogen and oxygen atoms in total. The molecule has 0 fully saturated rings. The fraction of sp³-hybridized carbons (Fsp3) is 0.588. The van der Waals surface area contributed by atoms with Crippen LogP contribution in [0.3, 0.4) is 0 Å². The van der Waals surface area contributed by atoms with Gasteiger partial charge in [-0.05, 0) is 49.9 Å². The summed E-state index contributed by atoms with van der Waals surface area (Å²) in [5, 5.41) is 2.92. The van der Waals surface area contributed by atoms with E-state index in [2.05, 4.69) is 5.32 Å². The highest BCUT2D eigenvalue weighted by Gasteiger charge is 2.23. The Morgan fingerprint density at radius 3 is 2.43 bits per heavy atom. The molecular weight excluding hydrogens is 264 g/mol. The number of hydrogen-bond donors (Lipinski definition) is 2. The van der Waals surface area contributed by atoms with Crippen molar-refractivity contribution in [3.8, 4) is 5.75 Å². The maximum Gasteiger partial charge on any atom is 0.225 e. The predicted molar refractivity (Wildman–Crippen MR) is 87.6 cm³/mol. The minimum absolute atomic E-state index is 0.0574. The summed E-state index contributed by atoms with van der Waals surface area (Å²) in [5.41, 5.74) is 7.74. The summed E-state index contributed by atoms with van der Waals surface area (Å²) in [6, 6.07) is 5.50. The third kappa shape index (κ3) is 5.76. The number of nitrogens with two attached hydrogens (primary N) is 1. The smallest absolute Gasteiger partial charge is 0.225 e. The number of ether oxygens (including phenoxy) is 1. The molecule has 1 amide bonds. The van der Waals surface area contributed by atoms with Gasteiger partial charge in [-0.1, -0.05) is 20.8 Å². The molecule has 118 valence electrons. The first-order valence-corrected chi connectivity index (χ1v) is 7.42. The van der Waals surface area contributed by atoms with Crippen LogP contribution in [0.15, 0.2) is 18.2 Å². The van der Waals surface area contributed by atoms with Crippen molar-refractivity contribution in [2.45, 2.75) is 60.1 Å². The first-order chi connectivity index (χ1) is 9.59. The minimum atomic E-state index is -0.165. The maximum atomic E-state index is 12.1. The van der Waals surface area contributed by atoms with Crippen molar-refractivity contribution >= 4 is 11.6 Å². The van der Waals surface area contributed by atoms with Crippen LogP contribution in [0.4, 0.5) is 5.69 Å². The first kappa shape index (κ1) is 17.5. The van der Waals surface area contributed by atoms with Crippen LogP contribution in [0.5, 0.6) is 5.75 Å². The second-order valence-corrected chi connectivity index (χ2v) is 6.87. The Labute approximate surface area is 128 Å². The number of rotatable bonds is 5. The number of carbonyl (C=O) groups excluding carboxylic acids is 1. The minimum Gasteiger partial charge on any atom is -0.491 e. The van der Waals surface area contributed by atoms with E-state index in [0.717, 1.165) is 17.0 Å². The van der Waals surface area contributed by atoms with Crippen LogP contribution >= 0.6 is 0 Å². The van der Waals surface area contributed by atoms with Crippen molar-refractivity contribution < 1.29 is 9.53 Å². The van der Waals surface area contributed by atoms with Crippen molar-refractivity contribution in [2.24, 2.45) is 11.1 Å². The highest BCUT2D eigenvalue weighted by Crippen LogP contribution is 2.24. The summed E-state index contributed by atoms with van der Waals surface area (Å²) >= 11 is 0. The zero-order chi connectivity index (χ0) is 16.2. The zero-order valence-corrected chi connectivity index (χ0v) is 14.0. The molecule has 0 radical (unpaired) electrons. The molecule has 0 heterocycles. The van der Waals surface area contributed by atoms with E-state index in [4.69, 9.17) is 10.5 Å². The molecule has 0 bridgehead atoms. The summed E-state index contributed by atoms with van der Waals surface area (Å²) in [4.78, 5) is 12.1. The molecule has 0 spiro atoms. The molecule has 0 aliphatic rings. The summed E-state index contributed by atoms with van der Waals surface area (Å²) in [5.74, 6) is 0.755. The van der Waals surface area contributed by atoms with Gasteiger partial charge in [0.25, 0.3) is 0 Å². The van der Waals surface area contributed by atoms with E-state index in [1.165, 1.54) is 0 Å². The monoisotopic (exact) mass is 292 g/mol. The fourth-order valence-corrected chi connectivity index (χ4v) is 1.83. The van der Waals surface area contributed by atoms with Crippen molar-refractivity contribution in [1.82, 2.24) is 0 Å². The topological polar surface area (TPSA) is 64.3 Å². The van der Waals surface area contributed by atoms with Gasteiger partial charge in [-0.3, -0.25) is 4.79 Å². The zero-order valence-electron chi connectivity index (χ0n) is 14.0. The van der Waals surface area contributed by atoms with Crippen molar-refractivity contribution in [1.29, 1.82) is 0 Å². The maximum absolute atomic E-state index is 12.1. The van der Waals surface area contributed by atoms with E-state index in [1.54, 1.807) is 0 Å². The van der Waals surface area contributed by atoms with Crippen LogP contribution < -0.4 is 15.8 Å². The molecule has 0 saturated carbocycles. The predicted octanol–water partition coefficient (Wildman–Crippen LogP) is 3.48. The normalized spacial score (nSPS) is 13.1. The van der Waals surface area contributed by atoms with Gasteiger partial charge in [0.1, 0.15) is 5.75 Å². The van der Waals surface area contributed by atoms with E-state index in [0.29, 0.717) is 6.42 Å².